The van der Waals surface area contributed by atoms with Gasteiger partial charge < -0.3 is 11.5 Å². The molecule has 0 radical (unpaired) electrons. The van der Waals surface area contributed by atoms with Crippen molar-refractivity contribution in [1.82, 2.24) is 9.97 Å². The molecule has 6 heteroatoms. The third kappa shape index (κ3) is 1.62. The minimum Gasteiger partial charge on any atom is -0.382 e. The van der Waals surface area contributed by atoms with Gasteiger partial charge in [0.1, 0.15) is 5.69 Å². The van der Waals surface area contributed by atoms with Crippen molar-refractivity contribution in [2.24, 2.45) is 4.99 Å². The van der Waals surface area contributed by atoms with E-state index in [-0.39, 0.29) is 16.9 Å². The summed E-state index contributed by atoms with van der Waals surface area (Å²) in [4.78, 5) is 11.3. The molecule has 12 heavy (non-hydrogen) atoms. The molecule has 0 aliphatic rings. The molecular formula is C6H8ClN5. The Labute approximate surface area is 74.5 Å². The van der Waals surface area contributed by atoms with E-state index in [9.17, 15) is 0 Å². The summed E-state index contributed by atoms with van der Waals surface area (Å²) in [6.45, 7) is 1.74. The second-order valence-electron chi connectivity index (χ2n) is 1.99. The van der Waals surface area contributed by atoms with Gasteiger partial charge in [0.05, 0.1) is 0 Å². The van der Waals surface area contributed by atoms with Crippen LogP contribution >= 0.6 is 11.6 Å². The van der Waals surface area contributed by atoms with Gasteiger partial charge in [-0.3, -0.25) is 4.99 Å². The lowest BCUT2D eigenvalue weighted by Crippen LogP contribution is -1.99. The molecule has 64 valence electrons. The zero-order chi connectivity index (χ0) is 9.14. The highest BCUT2D eigenvalue weighted by Gasteiger charge is 2.06. The number of hydrogen-bond acceptors (Lipinski definition) is 5. The van der Waals surface area contributed by atoms with Crippen LogP contribution in [0, 0.1) is 0 Å². The number of nitrogens with zero attached hydrogens (tertiary/aromatic N) is 3. The van der Waals surface area contributed by atoms with E-state index in [1.165, 1.54) is 0 Å². The van der Waals surface area contributed by atoms with Crippen LogP contribution < -0.4 is 11.5 Å². The number of nitrogens with two attached hydrogens (primary N) is 2. The number of aliphatic imine (C=N–C) groups is 1. The third-order valence-electron chi connectivity index (χ3n) is 1.14. The van der Waals surface area contributed by atoms with E-state index in [0.29, 0.717) is 5.69 Å². The van der Waals surface area contributed by atoms with Gasteiger partial charge in [0, 0.05) is 6.21 Å². The Morgan fingerprint density at radius 1 is 1.42 bits per heavy atom. The van der Waals surface area contributed by atoms with Gasteiger partial charge in [0.2, 0.25) is 5.95 Å². The van der Waals surface area contributed by atoms with Crippen LogP contribution in [-0.4, -0.2) is 16.2 Å². The highest BCUT2D eigenvalue weighted by atomic mass is 35.5. The van der Waals surface area contributed by atoms with Crippen molar-refractivity contribution >= 4 is 35.3 Å². The van der Waals surface area contributed by atoms with Crippen molar-refractivity contribution in [3.8, 4) is 0 Å². The van der Waals surface area contributed by atoms with Gasteiger partial charge in [-0.1, -0.05) is 11.6 Å². The van der Waals surface area contributed by atoms with Gasteiger partial charge in [-0.15, -0.1) is 0 Å². The summed E-state index contributed by atoms with van der Waals surface area (Å²) in [5, 5.41) is 0.165. The summed E-state index contributed by atoms with van der Waals surface area (Å²) in [6.07, 6.45) is 1.55. The highest BCUT2D eigenvalue weighted by molar-refractivity contribution is 6.32. The number of hydrogen-bond donors (Lipinski definition) is 2. The van der Waals surface area contributed by atoms with E-state index in [2.05, 4.69) is 15.0 Å². The van der Waals surface area contributed by atoms with Crippen molar-refractivity contribution in [2.45, 2.75) is 6.92 Å². The molecule has 0 bridgehead atoms. The third-order valence-corrected chi connectivity index (χ3v) is 1.41. The Morgan fingerprint density at radius 2 is 2.08 bits per heavy atom. The van der Waals surface area contributed by atoms with Crippen LogP contribution in [0.3, 0.4) is 0 Å². The van der Waals surface area contributed by atoms with Crippen molar-refractivity contribution in [2.75, 3.05) is 11.5 Å². The molecule has 1 rings (SSSR count). The molecule has 0 spiro atoms. The minimum absolute atomic E-state index is 0.0487. The lowest BCUT2D eigenvalue weighted by Gasteiger charge is -2.01. The smallest absolute Gasteiger partial charge is 0.223 e. The normalized spacial score (nSPS) is 10.8. The first-order valence-electron chi connectivity index (χ1n) is 3.22. The molecule has 0 aliphatic heterocycles. The molecule has 5 nitrogen and oxygen atoms in total. The Morgan fingerprint density at radius 3 is 2.58 bits per heavy atom. The molecule has 0 aromatic carbocycles. The Balaban J connectivity index is 3.28. The lowest BCUT2D eigenvalue weighted by molar-refractivity contribution is 1.18. The first kappa shape index (κ1) is 8.73. The van der Waals surface area contributed by atoms with Crippen LogP contribution in [0.15, 0.2) is 4.99 Å². The Hall–Kier alpha value is -1.36. The maximum atomic E-state index is 5.69. The fourth-order valence-electron chi connectivity index (χ4n) is 0.709. The quantitative estimate of drug-likeness (QED) is 0.505. The van der Waals surface area contributed by atoms with Gasteiger partial charge in [-0.2, -0.15) is 9.97 Å². The van der Waals surface area contributed by atoms with Crippen molar-refractivity contribution in [3.05, 3.63) is 5.15 Å². The van der Waals surface area contributed by atoms with Crippen LogP contribution in [0.25, 0.3) is 0 Å². The number of anilines is 2. The maximum Gasteiger partial charge on any atom is 0.223 e. The monoisotopic (exact) mass is 185 g/mol. The fraction of sp³-hybridized carbons (Fsp3) is 0.167. The van der Waals surface area contributed by atoms with Crippen LogP contribution in [0.1, 0.15) is 6.92 Å². The zero-order valence-corrected chi connectivity index (χ0v) is 7.21. The van der Waals surface area contributed by atoms with Gasteiger partial charge in [-0.05, 0) is 6.92 Å². The van der Waals surface area contributed by atoms with E-state index in [0.717, 1.165) is 0 Å². The number of nitrogen functional groups attached to an aromatic ring is 2. The second-order valence-corrected chi connectivity index (χ2v) is 2.35. The van der Waals surface area contributed by atoms with E-state index < -0.39 is 0 Å². The predicted molar refractivity (Wildman–Crippen MR) is 49.7 cm³/mol. The molecule has 1 heterocycles. The molecule has 0 unspecified atom stereocenters. The van der Waals surface area contributed by atoms with Crippen molar-refractivity contribution < 1.29 is 0 Å². The van der Waals surface area contributed by atoms with Gasteiger partial charge in [0.25, 0.3) is 0 Å². The fourth-order valence-corrected chi connectivity index (χ4v) is 0.941. The Kier molecular flexibility index (Phi) is 2.44. The molecule has 0 saturated carbocycles. The number of halogens is 1. The second kappa shape index (κ2) is 3.36. The summed E-state index contributed by atoms with van der Waals surface area (Å²) >= 11 is 5.69. The standard InChI is InChI=1S/C6H8ClN5/c1-2-10-3-4(7)11-6(9)12-5(3)8/h2H,1H3,(H4,8,9,11,12)/b10-2-. The summed E-state index contributed by atoms with van der Waals surface area (Å²) in [7, 11) is 0. The number of aromatic nitrogens is 2. The molecule has 0 saturated heterocycles. The molecular weight excluding hydrogens is 178 g/mol. The van der Waals surface area contributed by atoms with Crippen LogP contribution in [0.4, 0.5) is 17.5 Å². The summed E-state index contributed by atoms with van der Waals surface area (Å²) in [5.74, 6) is 0.234. The van der Waals surface area contributed by atoms with Crippen molar-refractivity contribution in [3.63, 3.8) is 0 Å². The van der Waals surface area contributed by atoms with E-state index in [1.54, 1.807) is 13.1 Å². The van der Waals surface area contributed by atoms with E-state index >= 15 is 0 Å². The first-order valence-corrected chi connectivity index (χ1v) is 3.60. The molecule has 1 aromatic rings. The molecule has 0 amide bonds. The molecule has 1 aromatic heterocycles. The average molecular weight is 186 g/mol. The van der Waals surface area contributed by atoms with Gasteiger partial charge >= 0.3 is 0 Å². The summed E-state index contributed by atoms with van der Waals surface area (Å²) < 4.78 is 0. The van der Waals surface area contributed by atoms with E-state index in [4.69, 9.17) is 23.1 Å². The zero-order valence-electron chi connectivity index (χ0n) is 6.45. The van der Waals surface area contributed by atoms with Crippen LogP contribution in [0.2, 0.25) is 5.15 Å². The van der Waals surface area contributed by atoms with Crippen LogP contribution in [0.5, 0.6) is 0 Å². The highest BCUT2D eigenvalue weighted by Crippen LogP contribution is 2.27. The molecule has 0 fully saturated rings. The molecule has 4 N–H and O–H groups in total. The molecule has 0 aliphatic carbocycles. The lowest BCUT2D eigenvalue weighted by atomic mass is 10.5. The largest absolute Gasteiger partial charge is 0.382 e. The summed E-state index contributed by atoms with van der Waals surface area (Å²) in [6, 6.07) is 0. The predicted octanol–water partition coefficient (Wildman–Crippen LogP) is 1.02. The average Bonchev–Trinajstić information content (AvgIpc) is 1.96. The minimum atomic E-state index is 0.0487. The molecule has 0 atom stereocenters. The van der Waals surface area contributed by atoms with Crippen LogP contribution in [-0.2, 0) is 0 Å². The van der Waals surface area contributed by atoms with E-state index in [1.807, 2.05) is 0 Å². The topological polar surface area (TPSA) is 90.2 Å². The van der Waals surface area contributed by atoms with Gasteiger partial charge in [-0.25, -0.2) is 0 Å². The number of rotatable bonds is 1. The Bertz CT molecular complexity index is 299. The first-order chi connectivity index (χ1) is 5.65. The van der Waals surface area contributed by atoms with Crippen molar-refractivity contribution in [1.29, 1.82) is 0 Å². The SMILES string of the molecule is C/C=N\c1c(N)nc(N)nc1Cl. The maximum absolute atomic E-state index is 5.69. The summed E-state index contributed by atoms with van der Waals surface area (Å²) in [5.41, 5.74) is 11.1. The van der Waals surface area contributed by atoms with Gasteiger partial charge in [0.15, 0.2) is 11.0 Å².